The van der Waals surface area contributed by atoms with Gasteiger partial charge in [-0.1, -0.05) is 12.2 Å². The summed E-state index contributed by atoms with van der Waals surface area (Å²) in [6, 6.07) is 0.315. The highest BCUT2D eigenvalue weighted by molar-refractivity contribution is 4.97. The molecule has 46 valence electrons. The number of nitrogens with zero attached hydrogens (tertiary/aromatic N) is 1. The minimum absolute atomic E-state index is 0.315. The molecule has 0 atom stereocenters. The van der Waals surface area contributed by atoms with Gasteiger partial charge in [0.1, 0.15) is 0 Å². The molecule has 0 bridgehead atoms. The zero-order chi connectivity index (χ0) is 6.57. The number of hydrogen-bond acceptors (Lipinski definition) is 1. The molecule has 0 aliphatic heterocycles. The van der Waals surface area contributed by atoms with Gasteiger partial charge in [0.05, 0.1) is 0 Å². The molecule has 8 heavy (non-hydrogen) atoms. The van der Waals surface area contributed by atoms with Crippen molar-refractivity contribution in [2.45, 2.75) is 6.04 Å². The minimum Gasteiger partial charge on any atom is -0.300 e. The maximum Gasteiger partial charge on any atom is 0.0450 e. The molecule has 0 heterocycles. The Bertz CT molecular complexity index is 76.4. The Balaban J connectivity index is 3.68. The predicted octanol–water partition coefficient (Wildman–Crippen LogP) is 1.29. The molecule has 0 aliphatic carbocycles. The van der Waals surface area contributed by atoms with E-state index in [-0.39, 0.29) is 0 Å². The fourth-order valence-corrected chi connectivity index (χ4v) is 0.518. The summed E-state index contributed by atoms with van der Waals surface area (Å²) in [5.41, 5.74) is 0. The van der Waals surface area contributed by atoms with Crippen LogP contribution in [0.2, 0.25) is 0 Å². The van der Waals surface area contributed by atoms with Crippen molar-refractivity contribution in [3.63, 3.8) is 0 Å². The summed E-state index contributed by atoms with van der Waals surface area (Å²) >= 11 is 0. The average Bonchev–Trinajstić information content (AvgIpc) is 1.69. The first kappa shape index (κ1) is 7.44. The molecule has 0 unspecified atom stereocenters. The highest BCUT2D eigenvalue weighted by Gasteiger charge is 1.97. The van der Waals surface area contributed by atoms with E-state index in [9.17, 15) is 0 Å². The summed E-state index contributed by atoms with van der Waals surface area (Å²) < 4.78 is 0. The molecule has 0 radical (unpaired) electrons. The Kier molecular flexibility index (Phi) is 3.20. The van der Waals surface area contributed by atoms with Crippen LogP contribution in [0, 0.1) is 0 Å². The molecule has 0 aromatic heterocycles. The quantitative estimate of drug-likeness (QED) is 0.496. The molecule has 0 aromatic carbocycles. The van der Waals surface area contributed by atoms with Crippen LogP contribution in [-0.2, 0) is 0 Å². The van der Waals surface area contributed by atoms with Crippen LogP contribution in [0.25, 0.3) is 0 Å². The molecule has 1 heteroatoms. The first-order chi connectivity index (χ1) is 3.72. The van der Waals surface area contributed by atoms with Crippen molar-refractivity contribution in [1.82, 2.24) is 4.90 Å². The molecular weight excluding hydrogens is 98.1 g/mol. The van der Waals surface area contributed by atoms with Crippen LogP contribution in [0.4, 0.5) is 0 Å². The Hall–Kier alpha value is -0.560. The van der Waals surface area contributed by atoms with Crippen LogP contribution in [-0.4, -0.2) is 25.0 Å². The minimum atomic E-state index is 0.315. The van der Waals surface area contributed by atoms with Crippen molar-refractivity contribution >= 4 is 0 Å². The average molecular weight is 111 g/mol. The van der Waals surface area contributed by atoms with E-state index in [1.165, 1.54) is 0 Å². The van der Waals surface area contributed by atoms with Gasteiger partial charge in [0, 0.05) is 6.04 Å². The van der Waals surface area contributed by atoms with E-state index in [0.29, 0.717) is 6.04 Å². The van der Waals surface area contributed by atoms with E-state index < -0.39 is 0 Å². The van der Waals surface area contributed by atoms with E-state index >= 15 is 0 Å². The van der Waals surface area contributed by atoms with Crippen LogP contribution in [0.1, 0.15) is 0 Å². The summed E-state index contributed by atoms with van der Waals surface area (Å²) in [5.74, 6) is 0. The van der Waals surface area contributed by atoms with E-state index in [1.54, 1.807) is 0 Å². The first-order valence-electron chi connectivity index (χ1n) is 2.64. The normalized spacial score (nSPS) is 10.0. The fourth-order valence-electron chi connectivity index (χ4n) is 0.518. The second kappa shape index (κ2) is 3.44. The smallest absolute Gasteiger partial charge is 0.0450 e. The van der Waals surface area contributed by atoms with Gasteiger partial charge in [0.2, 0.25) is 0 Å². The Morgan fingerprint density at radius 1 is 1.25 bits per heavy atom. The summed E-state index contributed by atoms with van der Waals surface area (Å²) in [6.07, 6.45) is 3.71. The second-order valence-corrected chi connectivity index (χ2v) is 1.93. The molecule has 0 aromatic rings. The van der Waals surface area contributed by atoms with Crippen LogP contribution in [0.15, 0.2) is 25.3 Å². The van der Waals surface area contributed by atoms with Gasteiger partial charge < -0.3 is 0 Å². The zero-order valence-electron chi connectivity index (χ0n) is 5.59. The van der Waals surface area contributed by atoms with Gasteiger partial charge in [0.25, 0.3) is 0 Å². The molecule has 0 rings (SSSR count). The summed E-state index contributed by atoms with van der Waals surface area (Å²) in [6.45, 7) is 7.28. The van der Waals surface area contributed by atoms with Gasteiger partial charge in [-0.25, -0.2) is 0 Å². The number of rotatable bonds is 3. The molecule has 0 saturated heterocycles. The van der Waals surface area contributed by atoms with E-state index in [2.05, 4.69) is 13.2 Å². The molecule has 0 fully saturated rings. The molecular formula is C7H13N. The van der Waals surface area contributed by atoms with Gasteiger partial charge in [0.15, 0.2) is 0 Å². The lowest BCUT2D eigenvalue weighted by molar-refractivity contribution is 0.392. The van der Waals surface area contributed by atoms with Crippen molar-refractivity contribution in [3.05, 3.63) is 25.3 Å². The Morgan fingerprint density at radius 3 is 1.62 bits per heavy atom. The Labute approximate surface area is 51.3 Å². The van der Waals surface area contributed by atoms with E-state index in [0.717, 1.165) is 0 Å². The van der Waals surface area contributed by atoms with Crippen LogP contribution in [0.5, 0.6) is 0 Å². The van der Waals surface area contributed by atoms with Gasteiger partial charge >= 0.3 is 0 Å². The molecule has 0 aliphatic rings. The van der Waals surface area contributed by atoms with Crippen LogP contribution >= 0.6 is 0 Å². The molecule has 0 amide bonds. The highest BCUT2D eigenvalue weighted by atomic mass is 15.1. The topological polar surface area (TPSA) is 3.24 Å². The lowest BCUT2D eigenvalue weighted by Gasteiger charge is -2.15. The number of likely N-dealkylation sites (N-methyl/N-ethyl adjacent to an activating group) is 1. The summed E-state index contributed by atoms with van der Waals surface area (Å²) in [7, 11) is 3.99. The first-order valence-corrected chi connectivity index (χ1v) is 2.64. The summed E-state index contributed by atoms with van der Waals surface area (Å²) in [4.78, 5) is 2.04. The van der Waals surface area contributed by atoms with Crippen molar-refractivity contribution in [3.8, 4) is 0 Å². The standard InChI is InChI=1S/C7H13N/c1-5-7(6-2)8(3)4/h5-7H,1-2H2,3-4H3. The lowest BCUT2D eigenvalue weighted by Crippen LogP contribution is -2.22. The second-order valence-electron chi connectivity index (χ2n) is 1.93. The Morgan fingerprint density at radius 2 is 1.62 bits per heavy atom. The maximum absolute atomic E-state index is 3.64. The van der Waals surface area contributed by atoms with Crippen LogP contribution < -0.4 is 0 Å². The van der Waals surface area contributed by atoms with Gasteiger partial charge in [-0.3, -0.25) is 4.90 Å². The molecule has 1 nitrogen and oxygen atoms in total. The highest BCUT2D eigenvalue weighted by Crippen LogP contribution is 1.92. The van der Waals surface area contributed by atoms with Crippen molar-refractivity contribution in [2.24, 2.45) is 0 Å². The molecule has 0 saturated carbocycles. The zero-order valence-corrected chi connectivity index (χ0v) is 5.59. The maximum atomic E-state index is 3.64. The summed E-state index contributed by atoms with van der Waals surface area (Å²) in [5, 5.41) is 0. The third-order valence-electron chi connectivity index (χ3n) is 1.08. The molecule has 0 spiro atoms. The number of hydrogen-bond donors (Lipinski definition) is 0. The van der Waals surface area contributed by atoms with Crippen LogP contribution in [0.3, 0.4) is 0 Å². The predicted molar refractivity (Wildman–Crippen MR) is 37.9 cm³/mol. The SMILES string of the molecule is C=CC(C=C)N(C)C. The fraction of sp³-hybridized carbons (Fsp3) is 0.429. The largest absolute Gasteiger partial charge is 0.300 e. The van der Waals surface area contributed by atoms with Crippen molar-refractivity contribution in [1.29, 1.82) is 0 Å². The third kappa shape index (κ3) is 1.94. The van der Waals surface area contributed by atoms with Crippen molar-refractivity contribution < 1.29 is 0 Å². The van der Waals surface area contributed by atoms with Gasteiger partial charge in [-0.2, -0.15) is 0 Å². The third-order valence-corrected chi connectivity index (χ3v) is 1.08. The van der Waals surface area contributed by atoms with E-state index in [4.69, 9.17) is 0 Å². The van der Waals surface area contributed by atoms with Gasteiger partial charge in [-0.15, -0.1) is 13.2 Å². The van der Waals surface area contributed by atoms with E-state index in [1.807, 2.05) is 31.1 Å². The van der Waals surface area contributed by atoms with Crippen molar-refractivity contribution in [2.75, 3.05) is 14.1 Å². The van der Waals surface area contributed by atoms with Gasteiger partial charge in [-0.05, 0) is 14.1 Å². The molecule has 0 N–H and O–H groups in total. The lowest BCUT2D eigenvalue weighted by atomic mass is 10.3. The monoisotopic (exact) mass is 111 g/mol.